The Bertz CT molecular complexity index is 699. The summed E-state index contributed by atoms with van der Waals surface area (Å²) in [5, 5.41) is 0.752. The Hall–Kier alpha value is -2.43. The minimum Gasteiger partial charge on any atom is -0.329 e. The zero-order valence-corrected chi connectivity index (χ0v) is 10.4. The van der Waals surface area contributed by atoms with Gasteiger partial charge in [0, 0.05) is 25.3 Å². The van der Waals surface area contributed by atoms with E-state index >= 15 is 0 Å². The van der Waals surface area contributed by atoms with E-state index in [9.17, 15) is 14.4 Å². The average Bonchev–Trinajstić information content (AvgIpc) is 2.88. The van der Waals surface area contributed by atoms with E-state index in [-0.39, 0.29) is 24.7 Å². The fourth-order valence-electron chi connectivity index (χ4n) is 2.61. The molecule has 1 aromatic heterocycles. The van der Waals surface area contributed by atoms with Crippen LogP contribution in [0.1, 0.15) is 23.2 Å². The molecule has 1 fully saturated rings. The first-order chi connectivity index (χ1) is 9.15. The van der Waals surface area contributed by atoms with E-state index in [1.165, 1.54) is 0 Å². The second-order valence-corrected chi connectivity index (χ2v) is 4.55. The molecule has 2 heterocycles. The highest BCUT2D eigenvalue weighted by Crippen LogP contribution is 2.33. The Morgan fingerprint density at radius 3 is 2.37 bits per heavy atom. The van der Waals surface area contributed by atoms with E-state index in [4.69, 9.17) is 0 Å². The van der Waals surface area contributed by atoms with Gasteiger partial charge in [-0.2, -0.15) is 0 Å². The predicted molar refractivity (Wildman–Crippen MR) is 70.0 cm³/mol. The molecule has 5 heteroatoms. The molecule has 0 atom stereocenters. The number of amides is 2. The van der Waals surface area contributed by atoms with Crippen molar-refractivity contribution in [3.63, 3.8) is 0 Å². The van der Waals surface area contributed by atoms with Crippen molar-refractivity contribution >= 4 is 34.8 Å². The number of para-hydroxylation sites is 1. The number of imide groups is 1. The number of rotatable bonds is 2. The molecule has 0 bridgehead atoms. The summed E-state index contributed by atoms with van der Waals surface area (Å²) in [4.78, 5) is 36.2. The van der Waals surface area contributed by atoms with Crippen LogP contribution in [0.5, 0.6) is 0 Å². The molecule has 5 nitrogen and oxygen atoms in total. The Labute approximate surface area is 109 Å². The molecule has 0 aliphatic carbocycles. The Balaban J connectivity index is 2.34. The standard InChI is InChI=1S/C14H12N2O3/c1-15-11-5-3-2-4-9(11)10(8-17)14(15)16-12(18)6-7-13(16)19/h2-5,8H,6-7H2,1H3. The summed E-state index contributed by atoms with van der Waals surface area (Å²) >= 11 is 0. The van der Waals surface area contributed by atoms with Crippen LogP contribution in [0.3, 0.4) is 0 Å². The normalized spacial score (nSPS) is 15.5. The lowest BCUT2D eigenvalue weighted by atomic mass is 10.2. The number of fused-ring (bicyclic) bond motifs is 1. The maximum absolute atomic E-state index is 11.9. The van der Waals surface area contributed by atoms with E-state index in [2.05, 4.69) is 0 Å². The van der Waals surface area contributed by atoms with Crippen LogP contribution in [0.25, 0.3) is 10.9 Å². The highest BCUT2D eigenvalue weighted by atomic mass is 16.2. The number of aromatic nitrogens is 1. The molecule has 0 spiro atoms. The third-order valence-electron chi connectivity index (χ3n) is 3.50. The Morgan fingerprint density at radius 1 is 1.11 bits per heavy atom. The highest BCUT2D eigenvalue weighted by molar-refractivity contribution is 6.22. The van der Waals surface area contributed by atoms with Gasteiger partial charge in [0.15, 0.2) is 6.29 Å². The first kappa shape index (κ1) is 11.6. The van der Waals surface area contributed by atoms with Crippen LogP contribution in [0.2, 0.25) is 0 Å². The third-order valence-corrected chi connectivity index (χ3v) is 3.50. The molecule has 1 saturated heterocycles. The van der Waals surface area contributed by atoms with Gasteiger partial charge in [0.1, 0.15) is 5.82 Å². The molecule has 19 heavy (non-hydrogen) atoms. The van der Waals surface area contributed by atoms with Crippen LogP contribution in [0.15, 0.2) is 24.3 Å². The smallest absolute Gasteiger partial charge is 0.235 e. The molecule has 1 aromatic carbocycles. The zero-order chi connectivity index (χ0) is 13.6. The number of hydrogen-bond acceptors (Lipinski definition) is 3. The minimum absolute atomic E-state index is 0.207. The van der Waals surface area contributed by atoms with Gasteiger partial charge in [-0.25, -0.2) is 4.90 Å². The number of aldehydes is 1. The molecule has 0 saturated carbocycles. The monoisotopic (exact) mass is 256 g/mol. The number of anilines is 1. The van der Waals surface area contributed by atoms with Crippen LogP contribution in [0.4, 0.5) is 5.82 Å². The molecular weight excluding hydrogens is 244 g/mol. The predicted octanol–water partition coefficient (Wildman–Crippen LogP) is 1.64. The summed E-state index contributed by atoms with van der Waals surface area (Å²) in [6.07, 6.45) is 1.12. The first-order valence-corrected chi connectivity index (χ1v) is 6.03. The quantitative estimate of drug-likeness (QED) is 0.606. The van der Waals surface area contributed by atoms with Gasteiger partial charge in [0.25, 0.3) is 0 Å². The molecule has 0 radical (unpaired) electrons. The highest BCUT2D eigenvalue weighted by Gasteiger charge is 2.34. The van der Waals surface area contributed by atoms with Gasteiger partial charge in [-0.1, -0.05) is 18.2 Å². The molecule has 1 aliphatic rings. The number of aryl methyl sites for hydroxylation is 1. The van der Waals surface area contributed by atoms with Crippen molar-refractivity contribution in [2.24, 2.45) is 7.05 Å². The van der Waals surface area contributed by atoms with Crippen LogP contribution < -0.4 is 4.90 Å². The summed E-state index contributed by atoms with van der Waals surface area (Å²) in [7, 11) is 1.75. The van der Waals surface area contributed by atoms with Crippen LogP contribution >= 0.6 is 0 Å². The van der Waals surface area contributed by atoms with Crippen molar-refractivity contribution in [1.29, 1.82) is 0 Å². The molecule has 2 amide bonds. The Morgan fingerprint density at radius 2 is 1.74 bits per heavy atom. The lowest BCUT2D eigenvalue weighted by Crippen LogP contribution is -2.31. The molecular formula is C14H12N2O3. The van der Waals surface area contributed by atoms with Crippen molar-refractivity contribution in [3.05, 3.63) is 29.8 Å². The number of hydrogen-bond donors (Lipinski definition) is 0. The fourth-order valence-corrected chi connectivity index (χ4v) is 2.61. The topological polar surface area (TPSA) is 59.4 Å². The summed E-state index contributed by atoms with van der Waals surface area (Å²) in [5.41, 5.74) is 1.22. The van der Waals surface area contributed by atoms with Gasteiger partial charge < -0.3 is 4.57 Å². The lowest BCUT2D eigenvalue weighted by molar-refractivity contribution is -0.121. The number of nitrogens with zero attached hydrogens (tertiary/aromatic N) is 2. The SMILES string of the molecule is Cn1c(N2C(=O)CCC2=O)c(C=O)c2ccccc21. The van der Waals surface area contributed by atoms with Gasteiger partial charge >= 0.3 is 0 Å². The molecule has 3 rings (SSSR count). The zero-order valence-electron chi connectivity index (χ0n) is 10.4. The maximum Gasteiger partial charge on any atom is 0.235 e. The van der Waals surface area contributed by atoms with Crippen molar-refractivity contribution in [2.75, 3.05) is 4.90 Å². The summed E-state index contributed by atoms with van der Waals surface area (Å²) in [5.74, 6) is -0.123. The van der Waals surface area contributed by atoms with Crippen LogP contribution in [0, 0.1) is 0 Å². The van der Waals surface area contributed by atoms with E-state index in [0.717, 1.165) is 15.8 Å². The van der Waals surface area contributed by atoms with Gasteiger partial charge in [-0.15, -0.1) is 0 Å². The van der Waals surface area contributed by atoms with Crippen LogP contribution in [-0.4, -0.2) is 22.7 Å². The molecule has 0 N–H and O–H groups in total. The third kappa shape index (κ3) is 1.51. The van der Waals surface area contributed by atoms with Gasteiger partial charge in [-0.05, 0) is 6.07 Å². The lowest BCUT2D eigenvalue weighted by Gasteiger charge is -2.15. The number of carbonyl (C=O) groups is 3. The summed E-state index contributed by atoms with van der Waals surface area (Å²) in [6.45, 7) is 0. The van der Waals surface area contributed by atoms with E-state index in [1.54, 1.807) is 11.6 Å². The molecule has 96 valence electrons. The minimum atomic E-state index is -0.251. The van der Waals surface area contributed by atoms with E-state index < -0.39 is 0 Å². The first-order valence-electron chi connectivity index (χ1n) is 6.03. The average molecular weight is 256 g/mol. The summed E-state index contributed by atoms with van der Waals surface area (Å²) < 4.78 is 1.72. The van der Waals surface area contributed by atoms with E-state index in [1.807, 2.05) is 24.3 Å². The maximum atomic E-state index is 11.9. The van der Waals surface area contributed by atoms with Crippen molar-refractivity contribution < 1.29 is 14.4 Å². The van der Waals surface area contributed by atoms with Gasteiger partial charge in [0.05, 0.1) is 11.1 Å². The van der Waals surface area contributed by atoms with Crippen molar-refractivity contribution in [2.45, 2.75) is 12.8 Å². The summed E-state index contributed by atoms with van der Waals surface area (Å²) in [6, 6.07) is 7.35. The number of benzene rings is 1. The van der Waals surface area contributed by atoms with Crippen LogP contribution in [-0.2, 0) is 16.6 Å². The van der Waals surface area contributed by atoms with Gasteiger partial charge in [0.2, 0.25) is 11.8 Å². The fraction of sp³-hybridized carbons (Fsp3) is 0.214. The molecule has 2 aromatic rings. The Kier molecular flexibility index (Phi) is 2.48. The van der Waals surface area contributed by atoms with Gasteiger partial charge in [-0.3, -0.25) is 14.4 Å². The second-order valence-electron chi connectivity index (χ2n) is 4.55. The van der Waals surface area contributed by atoms with Crippen molar-refractivity contribution in [1.82, 2.24) is 4.57 Å². The van der Waals surface area contributed by atoms with Crippen molar-refractivity contribution in [3.8, 4) is 0 Å². The number of carbonyl (C=O) groups excluding carboxylic acids is 3. The largest absolute Gasteiger partial charge is 0.329 e. The second kappa shape index (κ2) is 4.05. The molecule has 0 unspecified atom stereocenters. The van der Waals surface area contributed by atoms with E-state index in [0.29, 0.717) is 17.7 Å². The molecule has 1 aliphatic heterocycles.